The molecule has 106 valence electrons. The number of halogens is 1. The zero-order chi connectivity index (χ0) is 13.8. The van der Waals surface area contributed by atoms with E-state index in [2.05, 4.69) is 20.7 Å². The average Bonchev–Trinajstić information content (AvgIpc) is 2.41. The summed E-state index contributed by atoms with van der Waals surface area (Å²) < 4.78 is 21.6. The summed E-state index contributed by atoms with van der Waals surface area (Å²) in [6, 6.07) is 5.64. The van der Waals surface area contributed by atoms with Crippen LogP contribution in [0, 0.1) is 0 Å². The van der Waals surface area contributed by atoms with E-state index >= 15 is 0 Å². The van der Waals surface area contributed by atoms with Crippen molar-refractivity contribution in [2.24, 2.45) is 0 Å². The highest BCUT2D eigenvalue weighted by atomic mass is 79.9. The van der Waals surface area contributed by atoms with Crippen LogP contribution in [0.25, 0.3) is 0 Å². The van der Waals surface area contributed by atoms with Gasteiger partial charge in [0, 0.05) is 10.5 Å². The Hall–Kier alpha value is -0.430. The minimum absolute atomic E-state index is 0.192. The first-order valence-electron chi connectivity index (χ1n) is 6.29. The van der Waals surface area contributed by atoms with E-state index in [1.807, 2.05) is 6.07 Å². The van der Waals surface area contributed by atoms with Crippen molar-refractivity contribution < 1.29 is 14.1 Å². The third-order valence-corrected chi connectivity index (χ3v) is 5.07. The lowest BCUT2D eigenvalue weighted by molar-refractivity contribution is 0.121. The molecule has 1 fully saturated rings. The molecule has 0 bridgehead atoms. The van der Waals surface area contributed by atoms with E-state index in [4.69, 9.17) is 4.74 Å². The van der Waals surface area contributed by atoms with Crippen molar-refractivity contribution in [3.8, 4) is 5.75 Å². The molecule has 1 atom stereocenters. The predicted octanol–water partition coefficient (Wildman–Crippen LogP) is 2.37. The molecule has 0 radical (unpaired) electrons. The topological polar surface area (TPSA) is 58.6 Å². The van der Waals surface area contributed by atoms with Gasteiger partial charge < -0.3 is 9.84 Å². The first kappa shape index (κ1) is 15.0. The molecule has 1 aromatic rings. The number of hydrogen-bond acceptors (Lipinski definition) is 3. The third-order valence-electron chi connectivity index (χ3n) is 3.30. The molecule has 6 heteroatoms. The molecule has 0 saturated heterocycles. The zero-order valence-electron chi connectivity index (χ0n) is 10.8. The predicted molar refractivity (Wildman–Crippen MR) is 78.5 cm³/mol. The highest BCUT2D eigenvalue weighted by Gasteiger charge is 2.22. The average molecular weight is 348 g/mol. The van der Waals surface area contributed by atoms with Gasteiger partial charge in [-0.25, -0.2) is 8.93 Å². The number of benzene rings is 1. The standard InChI is InChI=1S/C13H18BrNO3S/c1-18-12-8-9(14)2-7-13(12)19(17)15-10-3-5-11(16)6-4-10/h2,7-8,10-11,15-16H,3-6H2,1H3. The SMILES string of the molecule is COc1cc(Br)ccc1S(=O)NC1CCC(O)CC1. The molecular weight excluding hydrogens is 330 g/mol. The fourth-order valence-electron chi connectivity index (χ4n) is 2.20. The number of aliphatic hydroxyl groups is 1. The summed E-state index contributed by atoms with van der Waals surface area (Å²) in [6.45, 7) is 0. The van der Waals surface area contributed by atoms with Crippen molar-refractivity contribution in [2.45, 2.75) is 42.7 Å². The lowest BCUT2D eigenvalue weighted by atomic mass is 9.94. The third kappa shape index (κ3) is 4.02. The van der Waals surface area contributed by atoms with Crippen molar-refractivity contribution in [3.05, 3.63) is 22.7 Å². The monoisotopic (exact) mass is 347 g/mol. The van der Waals surface area contributed by atoms with Crippen molar-refractivity contribution >= 4 is 26.9 Å². The summed E-state index contributed by atoms with van der Waals surface area (Å²) in [7, 11) is 0.280. The van der Waals surface area contributed by atoms with Gasteiger partial charge in [0.05, 0.1) is 18.1 Å². The summed E-state index contributed by atoms with van der Waals surface area (Å²) in [5.74, 6) is 0.607. The second kappa shape index (κ2) is 6.83. The van der Waals surface area contributed by atoms with Gasteiger partial charge in [0.25, 0.3) is 0 Å². The Morgan fingerprint density at radius 2 is 2.05 bits per heavy atom. The molecule has 19 heavy (non-hydrogen) atoms. The van der Waals surface area contributed by atoms with Crippen LogP contribution in [0.4, 0.5) is 0 Å². The summed E-state index contributed by atoms with van der Waals surface area (Å²) in [5.41, 5.74) is 0. The number of nitrogens with one attached hydrogen (secondary N) is 1. The molecule has 4 nitrogen and oxygen atoms in total. The molecule has 1 saturated carbocycles. The number of hydrogen-bond donors (Lipinski definition) is 2. The van der Waals surface area contributed by atoms with Crippen LogP contribution >= 0.6 is 15.9 Å². The molecule has 0 amide bonds. The summed E-state index contributed by atoms with van der Waals surface area (Å²) in [4.78, 5) is 0.650. The van der Waals surface area contributed by atoms with Gasteiger partial charge in [-0.3, -0.25) is 0 Å². The van der Waals surface area contributed by atoms with Crippen LogP contribution in [0.15, 0.2) is 27.6 Å². The smallest absolute Gasteiger partial charge is 0.137 e. The Morgan fingerprint density at radius 1 is 1.37 bits per heavy atom. The van der Waals surface area contributed by atoms with Crippen LogP contribution in [-0.2, 0) is 11.0 Å². The highest BCUT2D eigenvalue weighted by Crippen LogP contribution is 2.27. The van der Waals surface area contributed by atoms with Gasteiger partial charge in [-0.2, -0.15) is 0 Å². The highest BCUT2D eigenvalue weighted by molar-refractivity contribution is 9.10. The van der Waals surface area contributed by atoms with E-state index in [0.717, 1.165) is 30.2 Å². The van der Waals surface area contributed by atoms with E-state index in [1.54, 1.807) is 19.2 Å². The van der Waals surface area contributed by atoms with E-state index < -0.39 is 11.0 Å². The molecule has 0 heterocycles. The summed E-state index contributed by atoms with van der Waals surface area (Å²) in [5, 5.41) is 9.46. The largest absolute Gasteiger partial charge is 0.495 e. The maximum absolute atomic E-state index is 12.3. The maximum Gasteiger partial charge on any atom is 0.137 e. The molecule has 1 aliphatic carbocycles. The normalized spacial score (nSPS) is 25.0. The molecule has 0 aromatic heterocycles. The Morgan fingerprint density at radius 3 is 2.68 bits per heavy atom. The van der Waals surface area contributed by atoms with E-state index in [1.165, 1.54) is 0 Å². The summed E-state index contributed by atoms with van der Waals surface area (Å²) in [6.07, 6.45) is 3.05. The van der Waals surface area contributed by atoms with Gasteiger partial charge in [-0.05, 0) is 43.9 Å². The van der Waals surface area contributed by atoms with Crippen LogP contribution in [0.5, 0.6) is 5.75 Å². The molecule has 1 aliphatic rings. The van der Waals surface area contributed by atoms with Crippen LogP contribution in [0.1, 0.15) is 25.7 Å². The Labute approximate surface area is 124 Å². The van der Waals surface area contributed by atoms with Gasteiger partial charge in [0.15, 0.2) is 0 Å². The Kier molecular flexibility index (Phi) is 5.38. The number of aliphatic hydroxyl groups excluding tert-OH is 1. The van der Waals surface area contributed by atoms with E-state index in [0.29, 0.717) is 10.6 Å². The van der Waals surface area contributed by atoms with Gasteiger partial charge in [0.2, 0.25) is 0 Å². The second-order valence-corrected chi connectivity index (χ2v) is 6.82. The molecule has 2 N–H and O–H groups in total. The van der Waals surface area contributed by atoms with Gasteiger partial charge in [0.1, 0.15) is 16.7 Å². The lowest BCUT2D eigenvalue weighted by Gasteiger charge is -2.25. The fraction of sp³-hybridized carbons (Fsp3) is 0.538. The Bertz CT molecular complexity index is 461. The number of rotatable bonds is 4. The zero-order valence-corrected chi connectivity index (χ0v) is 13.2. The lowest BCUT2D eigenvalue weighted by Crippen LogP contribution is -2.35. The van der Waals surface area contributed by atoms with Crippen LogP contribution in [0.3, 0.4) is 0 Å². The van der Waals surface area contributed by atoms with Gasteiger partial charge in [-0.15, -0.1) is 0 Å². The van der Waals surface area contributed by atoms with Gasteiger partial charge >= 0.3 is 0 Å². The molecule has 0 aliphatic heterocycles. The minimum atomic E-state index is -1.29. The molecule has 1 aromatic carbocycles. The van der Waals surface area contributed by atoms with E-state index in [9.17, 15) is 9.32 Å². The molecular formula is C13H18BrNO3S. The minimum Gasteiger partial charge on any atom is -0.495 e. The summed E-state index contributed by atoms with van der Waals surface area (Å²) >= 11 is 3.36. The maximum atomic E-state index is 12.3. The van der Waals surface area contributed by atoms with Crippen molar-refractivity contribution in [1.82, 2.24) is 4.72 Å². The fourth-order valence-corrected chi connectivity index (χ4v) is 3.73. The van der Waals surface area contributed by atoms with Crippen molar-refractivity contribution in [3.63, 3.8) is 0 Å². The first-order chi connectivity index (χ1) is 9.10. The second-order valence-electron chi connectivity index (χ2n) is 4.69. The number of ether oxygens (including phenoxy) is 1. The van der Waals surface area contributed by atoms with Crippen LogP contribution in [-0.4, -0.2) is 28.6 Å². The van der Waals surface area contributed by atoms with Crippen molar-refractivity contribution in [1.29, 1.82) is 0 Å². The molecule has 2 rings (SSSR count). The van der Waals surface area contributed by atoms with Crippen molar-refractivity contribution in [2.75, 3.05) is 7.11 Å². The van der Waals surface area contributed by atoms with E-state index in [-0.39, 0.29) is 12.1 Å². The first-order valence-corrected chi connectivity index (χ1v) is 8.24. The quantitative estimate of drug-likeness (QED) is 0.878. The number of methoxy groups -OCH3 is 1. The van der Waals surface area contributed by atoms with Gasteiger partial charge in [-0.1, -0.05) is 15.9 Å². The molecule has 1 unspecified atom stereocenters. The van der Waals surface area contributed by atoms with Crippen LogP contribution < -0.4 is 9.46 Å². The van der Waals surface area contributed by atoms with Crippen LogP contribution in [0.2, 0.25) is 0 Å². The molecule has 0 spiro atoms. The Balaban J connectivity index is 2.03.